The lowest BCUT2D eigenvalue weighted by molar-refractivity contribution is -0.185. The molecule has 0 radical (unpaired) electrons. The van der Waals surface area contributed by atoms with Crippen molar-refractivity contribution in [1.29, 1.82) is 0 Å². The van der Waals surface area contributed by atoms with Gasteiger partial charge in [0.05, 0.1) is 6.04 Å². The SMILES string of the molecule is [2H]N(C)[C@H](C(=O)C(O)(C(=O)OC(C)(C)C)C(C)C)C(C)C. The van der Waals surface area contributed by atoms with Crippen LogP contribution in [0.25, 0.3) is 0 Å². The third-order valence-electron chi connectivity index (χ3n) is 3.10. The highest BCUT2D eigenvalue weighted by Crippen LogP contribution is 2.26. The van der Waals surface area contributed by atoms with E-state index in [9.17, 15) is 14.7 Å². The monoisotopic (exact) mass is 288 g/mol. The first kappa shape index (κ1) is 17.1. The maximum atomic E-state index is 12.7. The zero-order valence-corrected chi connectivity index (χ0v) is 13.9. The third-order valence-corrected chi connectivity index (χ3v) is 3.10. The molecule has 20 heavy (non-hydrogen) atoms. The zero-order chi connectivity index (χ0) is 17.2. The Morgan fingerprint density at radius 2 is 1.65 bits per heavy atom. The number of esters is 1. The summed E-state index contributed by atoms with van der Waals surface area (Å²) < 4.78 is 12.9. The second-order valence-corrected chi connectivity index (χ2v) is 6.73. The molecule has 0 aromatic heterocycles. The highest BCUT2D eigenvalue weighted by atomic mass is 16.6. The molecule has 0 amide bonds. The molecule has 0 aromatic rings. The average Bonchev–Trinajstić information content (AvgIpc) is 2.23. The fourth-order valence-electron chi connectivity index (χ4n) is 1.92. The van der Waals surface area contributed by atoms with Crippen molar-refractivity contribution in [2.45, 2.75) is 65.7 Å². The minimum absolute atomic E-state index is 0.215. The topological polar surface area (TPSA) is 75.6 Å². The van der Waals surface area contributed by atoms with Crippen molar-refractivity contribution >= 4 is 11.8 Å². The number of nitrogens with one attached hydrogen (secondary N) is 1. The van der Waals surface area contributed by atoms with Crippen molar-refractivity contribution in [2.75, 3.05) is 7.05 Å². The summed E-state index contributed by atoms with van der Waals surface area (Å²) in [5.41, 5.74) is -3.06. The quantitative estimate of drug-likeness (QED) is 0.572. The molecule has 1 unspecified atom stereocenters. The number of hydrogen-bond donors (Lipinski definition) is 2. The number of carbonyl (C=O) groups is 2. The van der Waals surface area contributed by atoms with E-state index in [1.165, 1.54) is 7.05 Å². The second-order valence-electron chi connectivity index (χ2n) is 6.73. The van der Waals surface area contributed by atoms with Gasteiger partial charge in [0.2, 0.25) is 5.60 Å². The molecule has 5 heteroatoms. The molecule has 0 aliphatic carbocycles. The lowest BCUT2D eigenvalue weighted by Gasteiger charge is -2.35. The summed E-state index contributed by atoms with van der Waals surface area (Å²) in [7, 11) is 1.43. The lowest BCUT2D eigenvalue weighted by atomic mass is 9.80. The van der Waals surface area contributed by atoms with Crippen LogP contribution in [0.4, 0.5) is 0 Å². The fraction of sp³-hybridized carbons (Fsp3) is 0.867. The maximum Gasteiger partial charge on any atom is 0.346 e. The van der Waals surface area contributed by atoms with E-state index >= 15 is 0 Å². The normalized spacial score (nSPS) is 17.9. The second kappa shape index (κ2) is 6.68. The van der Waals surface area contributed by atoms with E-state index in [2.05, 4.69) is 0 Å². The first-order valence-corrected chi connectivity index (χ1v) is 6.97. The smallest absolute Gasteiger partial charge is 0.346 e. The van der Waals surface area contributed by atoms with E-state index in [0.717, 1.165) is 5.31 Å². The molecule has 0 aromatic carbocycles. The summed E-state index contributed by atoms with van der Waals surface area (Å²) in [5, 5.41) is 11.7. The molecular weight excluding hydrogens is 258 g/mol. The Morgan fingerprint density at radius 3 is 1.90 bits per heavy atom. The van der Waals surface area contributed by atoms with Crippen LogP contribution in [-0.2, 0) is 14.3 Å². The molecule has 0 saturated carbocycles. The van der Waals surface area contributed by atoms with Crippen LogP contribution >= 0.6 is 0 Å². The van der Waals surface area contributed by atoms with Gasteiger partial charge in [-0.2, -0.15) is 0 Å². The minimum atomic E-state index is -2.25. The number of aliphatic hydroxyl groups is 1. The zero-order valence-electron chi connectivity index (χ0n) is 14.9. The number of rotatable bonds is 6. The van der Waals surface area contributed by atoms with E-state index in [0.29, 0.717) is 0 Å². The van der Waals surface area contributed by atoms with Gasteiger partial charge < -0.3 is 15.2 Å². The molecule has 2 N–H and O–H groups in total. The Kier molecular flexibility index (Phi) is 5.71. The van der Waals surface area contributed by atoms with Gasteiger partial charge in [-0.25, -0.2) is 4.79 Å². The summed E-state index contributed by atoms with van der Waals surface area (Å²) in [6, 6.07) is -0.884. The maximum absolute atomic E-state index is 12.7. The minimum Gasteiger partial charge on any atom is -0.457 e. The molecule has 0 aliphatic heterocycles. The number of ketones is 1. The van der Waals surface area contributed by atoms with Gasteiger partial charge in [-0.05, 0) is 33.7 Å². The Balaban J connectivity index is 5.66. The number of carbonyl (C=O) groups excluding carboxylic acids is 2. The van der Waals surface area contributed by atoms with Crippen LogP contribution in [0.3, 0.4) is 0 Å². The van der Waals surface area contributed by atoms with Crippen LogP contribution in [0.5, 0.6) is 0 Å². The molecule has 0 saturated heterocycles. The molecule has 0 aliphatic rings. The third kappa shape index (κ3) is 4.28. The standard InChI is InChI=1S/C15H29NO4/c1-9(2)11(16-8)12(17)15(19,10(3)4)13(18)20-14(5,6)7/h9-11,16,19H,1-8H3/t11-,15?/m0/s1/i/hD. The van der Waals surface area contributed by atoms with Crippen molar-refractivity contribution in [3.63, 3.8) is 0 Å². The molecule has 5 nitrogen and oxygen atoms in total. The van der Waals surface area contributed by atoms with Crippen molar-refractivity contribution in [3.8, 4) is 0 Å². The number of hydrogen-bond acceptors (Lipinski definition) is 5. The summed E-state index contributed by atoms with van der Waals surface area (Å²) in [4.78, 5) is 25.0. The van der Waals surface area contributed by atoms with Gasteiger partial charge >= 0.3 is 5.97 Å². The van der Waals surface area contributed by atoms with Crippen molar-refractivity contribution in [2.24, 2.45) is 11.8 Å². The highest BCUT2D eigenvalue weighted by molar-refractivity contribution is 6.09. The largest absolute Gasteiger partial charge is 0.457 e. The molecule has 0 rings (SSSR count). The van der Waals surface area contributed by atoms with Crippen LogP contribution < -0.4 is 5.31 Å². The molecule has 0 bridgehead atoms. The first-order chi connectivity index (χ1) is 9.25. The Hall–Kier alpha value is -0.940. The molecule has 118 valence electrons. The van der Waals surface area contributed by atoms with Gasteiger partial charge in [0.25, 0.3) is 0 Å². The fourth-order valence-corrected chi connectivity index (χ4v) is 1.92. The van der Waals surface area contributed by atoms with Gasteiger partial charge in [-0.3, -0.25) is 4.79 Å². The Morgan fingerprint density at radius 1 is 1.20 bits per heavy atom. The van der Waals surface area contributed by atoms with Crippen molar-refractivity contribution < 1.29 is 20.8 Å². The number of ether oxygens (including phenoxy) is 1. The van der Waals surface area contributed by atoms with Crippen LogP contribution in [-0.4, -0.2) is 41.2 Å². The summed E-state index contributed by atoms with van der Waals surface area (Å²) in [5.74, 6) is -2.52. The van der Waals surface area contributed by atoms with E-state index in [1.807, 2.05) is 0 Å². The van der Waals surface area contributed by atoms with Gasteiger partial charge in [0, 0.05) is 5.92 Å². The Bertz CT molecular complexity index is 380. The predicted octanol–water partition coefficient (Wildman–Crippen LogP) is 1.53. The molecule has 2 atom stereocenters. The summed E-state index contributed by atoms with van der Waals surface area (Å²) in [6.07, 6.45) is 0. The average molecular weight is 288 g/mol. The van der Waals surface area contributed by atoms with Crippen molar-refractivity contribution in [1.82, 2.24) is 5.31 Å². The molecule has 0 fully saturated rings. The van der Waals surface area contributed by atoms with Crippen LogP contribution in [0.2, 0.25) is 1.41 Å². The van der Waals surface area contributed by atoms with E-state index in [1.54, 1.807) is 48.5 Å². The predicted molar refractivity (Wildman–Crippen MR) is 78.3 cm³/mol. The highest BCUT2D eigenvalue weighted by Gasteiger charge is 2.51. The molecular formula is C15H29NO4. The summed E-state index contributed by atoms with van der Waals surface area (Å²) >= 11 is 0. The van der Waals surface area contributed by atoms with Crippen LogP contribution in [0.1, 0.15) is 48.5 Å². The first-order valence-electron chi connectivity index (χ1n) is 7.41. The Labute approximate surface area is 123 Å². The molecule has 0 spiro atoms. The van der Waals surface area contributed by atoms with Crippen LogP contribution in [0, 0.1) is 11.8 Å². The molecule has 0 heterocycles. The van der Waals surface area contributed by atoms with Gasteiger partial charge in [0.15, 0.2) is 5.78 Å². The van der Waals surface area contributed by atoms with E-state index < -0.39 is 34.9 Å². The van der Waals surface area contributed by atoms with Gasteiger partial charge in [-0.1, -0.05) is 27.7 Å². The summed E-state index contributed by atoms with van der Waals surface area (Å²) in [6.45, 7) is 11.7. The van der Waals surface area contributed by atoms with Gasteiger partial charge in [0.1, 0.15) is 7.01 Å². The lowest BCUT2D eigenvalue weighted by Crippen LogP contribution is -2.60. The number of Topliss-reactive ketones (excluding diaryl/α,β-unsaturated/α-hetero) is 1. The number of likely N-dealkylation sites (N-methyl/N-ethyl adjacent to an activating group) is 1. The van der Waals surface area contributed by atoms with Crippen LogP contribution in [0.15, 0.2) is 0 Å². The van der Waals surface area contributed by atoms with Gasteiger partial charge in [-0.15, -0.1) is 0 Å². The van der Waals surface area contributed by atoms with E-state index in [4.69, 9.17) is 6.15 Å². The van der Waals surface area contributed by atoms with Crippen molar-refractivity contribution in [3.05, 3.63) is 0 Å². The van der Waals surface area contributed by atoms with E-state index in [-0.39, 0.29) is 5.92 Å².